The summed E-state index contributed by atoms with van der Waals surface area (Å²) in [5.41, 5.74) is 0. The van der Waals surface area contributed by atoms with Crippen LogP contribution in [0.5, 0.6) is 0 Å². The van der Waals surface area contributed by atoms with E-state index in [1.807, 2.05) is 6.08 Å². The second kappa shape index (κ2) is 4.37. The summed E-state index contributed by atoms with van der Waals surface area (Å²) in [6.07, 6.45) is 4.21. The Labute approximate surface area is 85.4 Å². The molecule has 0 aromatic carbocycles. The predicted octanol–water partition coefficient (Wildman–Crippen LogP) is 2.53. The Balaban J connectivity index is 1.95. The first-order valence-electron chi connectivity index (χ1n) is 4.79. The van der Waals surface area contributed by atoms with Crippen molar-refractivity contribution in [3.63, 3.8) is 0 Å². The van der Waals surface area contributed by atoms with Crippen LogP contribution in [0, 0.1) is 0 Å². The van der Waals surface area contributed by atoms with Crippen LogP contribution in [0.1, 0.15) is 31.6 Å². The van der Waals surface area contributed by atoms with E-state index in [0.717, 1.165) is 19.3 Å². The van der Waals surface area contributed by atoms with Gasteiger partial charge in [-0.1, -0.05) is 17.3 Å². The van der Waals surface area contributed by atoms with Crippen molar-refractivity contribution in [2.75, 3.05) is 5.32 Å². The highest BCUT2D eigenvalue weighted by atomic mass is 19.3. The number of nitrogens with one attached hydrogen (secondary N) is 1. The number of aromatic nitrogens is 2. The van der Waals surface area contributed by atoms with Crippen molar-refractivity contribution >= 4 is 6.01 Å². The van der Waals surface area contributed by atoms with Crippen LogP contribution in [0.25, 0.3) is 0 Å². The van der Waals surface area contributed by atoms with Crippen LogP contribution in [-0.4, -0.2) is 16.2 Å². The Morgan fingerprint density at radius 1 is 1.40 bits per heavy atom. The molecule has 1 unspecified atom stereocenters. The lowest BCUT2D eigenvalue weighted by atomic mass is 10.0. The average Bonchev–Trinajstić information content (AvgIpc) is 2.68. The van der Waals surface area contributed by atoms with Gasteiger partial charge in [0.1, 0.15) is 0 Å². The van der Waals surface area contributed by atoms with E-state index in [9.17, 15) is 8.78 Å². The topological polar surface area (TPSA) is 51.0 Å². The van der Waals surface area contributed by atoms with Gasteiger partial charge in [0, 0.05) is 6.04 Å². The molecule has 1 N–H and O–H groups in total. The third-order valence-electron chi connectivity index (χ3n) is 2.22. The van der Waals surface area contributed by atoms with Crippen molar-refractivity contribution in [2.24, 2.45) is 0 Å². The van der Waals surface area contributed by atoms with Crippen LogP contribution in [0.3, 0.4) is 0 Å². The van der Waals surface area contributed by atoms with Crippen molar-refractivity contribution in [3.8, 4) is 0 Å². The number of nitrogens with zero attached hydrogens (tertiary/aromatic N) is 2. The molecule has 4 nitrogen and oxygen atoms in total. The molecule has 1 aliphatic carbocycles. The third-order valence-corrected chi connectivity index (χ3v) is 2.22. The highest BCUT2D eigenvalue weighted by Crippen LogP contribution is 2.21. The van der Waals surface area contributed by atoms with Crippen molar-refractivity contribution in [1.29, 1.82) is 0 Å². The van der Waals surface area contributed by atoms with E-state index in [1.54, 1.807) is 0 Å². The third kappa shape index (κ3) is 2.51. The predicted molar refractivity (Wildman–Crippen MR) is 49.7 cm³/mol. The van der Waals surface area contributed by atoms with Gasteiger partial charge >= 0.3 is 12.4 Å². The largest absolute Gasteiger partial charge is 0.402 e. The van der Waals surface area contributed by atoms with Gasteiger partial charge in [-0.05, 0) is 19.3 Å². The Morgan fingerprint density at radius 2 is 2.27 bits per heavy atom. The summed E-state index contributed by atoms with van der Waals surface area (Å²) in [6, 6.07) is 0.270. The number of rotatable bonds is 3. The number of hydrogen-bond donors (Lipinski definition) is 1. The fraction of sp³-hybridized carbons (Fsp3) is 0.556. The Bertz CT molecular complexity index is 351. The molecule has 0 saturated heterocycles. The molecule has 1 aromatic rings. The molecule has 1 atom stereocenters. The van der Waals surface area contributed by atoms with E-state index < -0.39 is 12.3 Å². The second-order valence-corrected chi connectivity index (χ2v) is 3.37. The van der Waals surface area contributed by atoms with E-state index >= 15 is 0 Å². The Hall–Kier alpha value is -1.46. The van der Waals surface area contributed by atoms with Gasteiger partial charge in [-0.15, -0.1) is 5.10 Å². The van der Waals surface area contributed by atoms with E-state index in [0.29, 0.717) is 0 Å². The molecule has 6 heteroatoms. The molecule has 82 valence electrons. The molecule has 0 bridgehead atoms. The van der Waals surface area contributed by atoms with E-state index in [2.05, 4.69) is 21.6 Å². The molecular weight excluding hydrogens is 204 g/mol. The van der Waals surface area contributed by atoms with E-state index in [-0.39, 0.29) is 12.1 Å². The zero-order valence-corrected chi connectivity index (χ0v) is 7.99. The van der Waals surface area contributed by atoms with Crippen LogP contribution in [-0.2, 0) is 0 Å². The lowest BCUT2D eigenvalue weighted by molar-refractivity contribution is 0.116. The Kier molecular flexibility index (Phi) is 2.94. The van der Waals surface area contributed by atoms with Crippen molar-refractivity contribution < 1.29 is 13.2 Å². The SMILES string of the molecule is FC(F)c1nnc(NC2CC=CCC2)o1. The van der Waals surface area contributed by atoms with E-state index in [1.165, 1.54) is 0 Å². The van der Waals surface area contributed by atoms with Crippen LogP contribution >= 0.6 is 0 Å². The summed E-state index contributed by atoms with van der Waals surface area (Å²) in [7, 11) is 0. The number of allylic oxidation sites excluding steroid dienone is 1. The quantitative estimate of drug-likeness (QED) is 0.787. The first-order chi connectivity index (χ1) is 7.25. The van der Waals surface area contributed by atoms with E-state index in [4.69, 9.17) is 4.42 Å². The molecule has 0 amide bonds. The molecule has 0 saturated carbocycles. The van der Waals surface area contributed by atoms with Crippen LogP contribution < -0.4 is 5.32 Å². The van der Waals surface area contributed by atoms with Crippen molar-refractivity contribution in [1.82, 2.24) is 10.2 Å². The monoisotopic (exact) mass is 215 g/mol. The summed E-state index contributed by atoms with van der Waals surface area (Å²) in [6.45, 7) is 0. The normalized spacial score (nSPS) is 20.9. The summed E-state index contributed by atoms with van der Waals surface area (Å²) in [5.74, 6) is -0.635. The number of alkyl halides is 2. The molecule has 1 aromatic heterocycles. The standard InChI is InChI=1S/C9H11F2N3O/c10-7(11)8-13-14-9(15-8)12-6-4-2-1-3-5-6/h1-2,6-7H,3-5H2,(H,12,14). The molecule has 0 fully saturated rings. The second-order valence-electron chi connectivity index (χ2n) is 3.37. The van der Waals surface area contributed by atoms with Gasteiger partial charge in [0.2, 0.25) is 0 Å². The first-order valence-corrected chi connectivity index (χ1v) is 4.79. The number of halogens is 2. The van der Waals surface area contributed by atoms with Crippen molar-refractivity contribution in [3.05, 3.63) is 18.0 Å². The van der Waals surface area contributed by atoms with Crippen LogP contribution in [0.4, 0.5) is 14.8 Å². The molecule has 0 radical (unpaired) electrons. The van der Waals surface area contributed by atoms with Crippen molar-refractivity contribution in [2.45, 2.75) is 31.7 Å². The molecule has 0 aliphatic heterocycles. The summed E-state index contributed by atoms with van der Waals surface area (Å²) in [5, 5.41) is 9.66. The van der Waals surface area contributed by atoms with Gasteiger partial charge < -0.3 is 9.73 Å². The lowest BCUT2D eigenvalue weighted by Crippen LogP contribution is -2.20. The van der Waals surface area contributed by atoms with Gasteiger partial charge in [0.15, 0.2) is 0 Å². The molecule has 0 spiro atoms. The molecule has 15 heavy (non-hydrogen) atoms. The summed E-state index contributed by atoms with van der Waals surface area (Å²) < 4.78 is 29.0. The zero-order valence-electron chi connectivity index (χ0n) is 7.99. The lowest BCUT2D eigenvalue weighted by Gasteiger charge is -2.17. The Morgan fingerprint density at radius 3 is 2.87 bits per heavy atom. The molecule has 1 heterocycles. The maximum Gasteiger partial charge on any atom is 0.315 e. The minimum atomic E-state index is -2.71. The van der Waals surface area contributed by atoms with Gasteiger partial charge in [0.05, 0.1) is 0 Å². The number of anilines is 1. The molecule has 1 aliphatic rings. The van der Waals surface area contributed by atoms with Crippen LogP contribution in [0.15, 0.2) is 16.6 Å². The number of hydrogen-bond acceptors (Lipinski definition) is 4. The zero-order chi connectivity index (χ0) is 10.7. The summed E-state index contributed by atoms with van der Waals surface area (Å²) in [4.78, 5) is 0. The fourth-order valence-electron chi connectivity index (χ4n) is 1.48. The summed E-state index contributed by atoms with van der Waals surface area (Å²) >= 11 is 0. The van der Waals surface area contributed by atoms with Gasteiger partial charge in [-0.2, -0.15) is 8.78 Å². The smallest absolute Gasteiger partial charge is 0.315 e. The fourth-order valence-corrected chi connectivity index (χ4v) is 1.48. The van der Waals surface area contributed by atoms with Gasteiger partial charge in [-0.25, -0.2) is 0 Å². The highest BCUT2D eigenvalue weighted by molar-refractivity contribution is 5.21. The van der Waals surface area contributed by atoms with Gasteiger partial charge in [0.25, 0.3) is 5.89 Å². The maximum atomic E-state index is 12.1. The molecular formula is C9H11F2N3O. The minimum Gasteiger partial charge on any atom is -0.402 e. The van der Waals surface area contributed by atoms with Crippen LogP contribution in [0.2, 0.25) is 0 Å². The highest BCUT2D eigenvalue weighted by Gasteiger charge is 2.18. The average molecular weight is 215 g/mol. The first kappa shape index (κ1) is 10.1. The maximum absolute atomic E-state index is 12.1. The minimum absolute atomic E-state index is 0.0746. The van der Waals surface area contributed by atoms with Gasteiger partial charge in [-0.3, -0.25) is 0 Å². The molecule has 2 rings (SSSR count).